The molecule has 21 heavy (non-hydrogen) atoms. The number of imidazole rings is 1. The molecule has 1 amide bonds. The van der Waals surface area contributed by atoms with Crippen molar-refractivity contribution < 1.29 is 18.3 Å². The van der Waals surface area contributed by atoms with Crippen LogP contribution in [-0.4, -0.2) is 22.0 Å². The molecular formula is C14H13F2N3O2. The smallest absolute Gasteiger partial charge is 0.320 e. The number of aromatic nitrogens is 2. The standard InChI is InChI=1S/C14H13F2N3O2/c15-14(16)19-6-5-17-12(19)8-21-10-1-2-11-9(7-10)3-4-18-13(11)20/h1-2,5-7,14H,3-4,8H2,(H,18,20). The van der Waals surface area contributed by atoms with Gasteiger partial charge in [0.15, 0.2) is 5.82 Å². The largest absolute Gasteiger partial charge is 0.486 e. The van der Waals surface area contributed by atoms with E-state index in [4.69, 9.17) is 4.74 Å². The molecule has 0 radical (unpaired) electrons. The molecule has 0 bridgehead atoms. The number of nitrogens with one attached hydrogen (secondary N) is 1. The Morgan fingerprint density at radius 2 is 2.29 bits per heavy atom. The SMILES string of the molecule is O=C1NCCc2cc(OCc3nccn3C(F)F)ccc21. The molecular weight excluding hydrogens is 280 g/mol. The van der Waals surface area contributed by atoms with Crippen LogP contribution >= 0.6 is 0 Å². The summed E-state index contributed by atoms with van der Waals surface area (Å²) in [6, 6.07) is 5.10. The van der Waals surface area contributed by atoms with Gasteiger partial charge in [-0.1, -0.05) is 0 Å². The number of benzene rings is 1. The molecule has 110 valence electrons. The van der Waals surface area contributed by atoms with E-state index in [0.717, 1.165) is 16.6 Å². The lowest BCUT2D eigenvalue weighted by Gasteiger charge is -2.17. The van der Waals surface area contributed by atoms with Gasteiger partial charge in [-0.2, -0.15) is 8.78 Å². The van der Waals surface area contributed by atoms with Gasteiger partial charge in [0, 0.05) is 24.5 Å². The first-order chi connectivity index (χ1) is 10.1. The van der Waals surface area contributed by atoms with Crippen LogP contribution in [0.5, 0.6) is 5.75 Å². The fourth-order valence-electron chi connectivity index (χ4n) is 2.28. The molecule has 7 heteroatoms. The molecule has 2 heterocycles. The van der Waals surface area contributed by atoms with Crippen molar-refractivity contribution in [3.63, 3.8) is 0 Å². The fourth-order valence-corrected chi connectivity index (χ4v) is 2.28. The molecule has 5 nitrogen and oxygen atoms in total. The Bertz CT molecular complexity index is 670. The Morgan fingerprint density at radius 3 is 3.10 bits per heavy atom. The lowest BCUT2D eigenvalue weighted by atomic mass is 10.0. The lowest BCUT2D eigenvalue weighted by Crippen LogP contribution is -2.31. The molecule has 1 aliphatic heterocycles. The summed E-state index contributed by atoms with van der Waals surface area (Å²) >= 11 is 0. The molecule has 1 aromatic heterocycles. The summed E-state index contributed by atoms with van der Waals surface area (Å²) in [6.07, 6.45) is 3.24. The number of carbonyl (C=O) groups excluding carboxylic acids is 1. The third kappa shape index (κ3) is 2.72. The molecule has 1 N–H and O–H groups in total. The van der Waals surface area contributed by atoms with E-state index in [-0.39, 0.29) is 18.3 Å². The van der Waals surface area contributed by atoms with Crippen molar-refractivity contribution in [3.8, 4) is 5.75 Å². The number of rotatable bonds is 4. The summed E-state index contributed by atoms with van der Waals surface area (Å²) in [5.41, 5.74) is 1.52. The Hall–Kier alpha value is -2.44. The number of ether oxygens (including phenoxy) is 1. The Kier molecular flexibility index (Phi) is 3.55. The third-order valence-corrected chi connectivity index (χ3v) is 3.33. The normalized spacial score (nSPS) is 14.0. The maximum atomic E-state index is 12.7. The molecule has 1 aliphatic rings. The van der Waals surface area contributed by atoms with Gasteiger partial charge >= 0.3 is 6.55 Å². The van der Waals surface area contributed by atoms with Gasteiger partial charge in [-0.25, -0.2) is 4.98 Å². The highest BCUT2D eigenvalue weighted by atomic mass is 19.3. The Balaban J connectivity index is 1.74. The molecule has 3 rings (SSSR count). The van der Waals surface area contributed by atoms with Crippen LogP contribution in [0.25, 0.3) is 0 Å². The number of nitrogens with zero attached hydrogens (tertiary/aromatic N) is 2. The summed E-state index contributed by atoms with van der Waals surface area (Å²) in [4.78, 5) is 15.5. The topological polar surface area (TPSA) is 56.1 Å². The first-order valence-electron chi connectivity index (χ1n) is 6.49. The van der Waals surface area contributed by atoms with E-state index in [2.05, 4.69) is 10.3 Å². The van der Waals surface area contributed by atoms with Crippen molar-refractivity contribution in [1.82, 2.24) is 14.9 Å². The van der Waals surface area contributed by atoms with Crippen LogP contribution in [0, 0.1) is 0 Å². The van der Waals surface area contributed by atoms with E-state index in [0.29, 0.717) is 17.9 Å². The number of amides is 1. The zero-order valence-corrected chi connectivity index (χ0v) is 11.1. The summed E-state index contributed by atoms with van der Waals surface area (Å²) < 4.78 is 31.6. The number of hydrogen-bond donors (Lipinski definition) is 1. The average molecular weight is 293 g/mol. The molecule has 0 saturated carbocycles. The van der Waals surface area contributed by atoms with E-state index in [9.17, 15) is 13.6 Å². The van der Waals surface area contributed by atoms with Crippen molar-refractivity contribution in [2.45, 2.75) is 19.6 Å². The minimum Gasteiger partial charge on any atom is -0.486 e. The molecule has 0 unspecified atom stereocenters. The summed E-state index contributed by atoms with van der Waals surface area (Å²) in [5, 5.41) is 2.76. The molecule has 2 aromatic rings. The summed E-state index contributed by atoms with van der Waals surface area (Å²) in [6.45, 7) is -2.11. The van der Waals surface area contributed by atoms with Crippen molar-refractivity contribution in [1.29, 1.82) is 0 Å². The number of alkyl halides is 2. The van der Waals surface area contributed by atoms with Crippen LogP contribution in [0.1, 0.15) is 28.3 Å². The van der Waals surface area contributed by atoms with Gasteiger partial charge < -0.3 is 10.1 Å². The predicted octanol–water partition coefficient (Wildman–Crippen LogP) is 2.14. The molecule has 0 saturated heterocycles. The van der Waals surface area contributed by atoms with Crippen LogP contribution in [-0.2, 0) is 13.0 Å². The Morgan fingerprint density at radius 1 is 1.43 bits per heavy atom. The predicted molar refractivity (Wildman–Crippen MR) is 70.3 cm³/mol. The number of hydrogen-bond acceptors (Lipinski definition) is 3. The Labute approximate surface area is 119 Å². The van der Waals surface area contributed by atoms with E-state index >= 15 is 0 Å². The quantitative estimate of drug-likeness (QED) is 0.939. The van der Waals surface area contributed by atoms with Crippen LogP contribution in [0.2, 0.25) is 0 Å². The van der Waals surface area contributed by atoms with Crippen LogP contribution in [0.3, 0.4) is 0 Å². The fraction of sp³-hybridized carbons (Fsp3) is 0.286. The van der Waals surface area contributed by atoms with Crippen molar-refractivity contribution in [3.05, 3.63) is 47.5 Å². The minimum atomic E-state index is -2.64. The zero-order valence-electron chi connectivity index (χ0n) is 11.1. The molecule has 1 aromatic carbocycles. The highest BCUT2D eigenvalue weighted by Gasteiger charge is 2.17. The third-order valence-electron chi connectivity index (χ3n) is 3.33. The number of halogens is 2. The highest BCUT2D eigenvalue weighted by molar-refractivity contribution is 5.96. The van der Waals surface area contributed by atoms with Crippen LogP contribution in [0.15, 0.2) is 30.6 Å². The molecule has 0 spiro atoms. The van der Waals surface area contributed by atoms with Gasteiger partial charge in [0.2, 0.25) is 0 Å². The second kappa shape index (κ2) is 5.51. The molecule has 0 aliphatic carbocycles. The highest BCUT2D eigenvalue weighted by Crippen LogP contribution is 2.22. The van der Waals surface area contributed by atoms with E-state index in [1.54, 1.807) is 18.2 Å². The first-order valence-corrected chi connectivity index (χ1v) is 6.49. The van der Waals surface area contributed by atoms with Crippen molar-refractivity contribution >= 4 is 5.91 Å². The average Bonchev–Trinajstić information content (AvgIpc) is 2.94. The second-order valence-corrected chi connectivity index (χ2v) is 4.64. The van der Waals surface area contributed by atoms with E-state index < -0.39 is 6.55 Å². The van der Waals surface area contributed by atoms with Crippen LogP contribution in [0.4, 0.5) is 8.78 Å². The second-order valence-electron chi connectivity index (χ2n) is 4.64. The summed E-state index contributed by atoms with van der Waals surface area (Å²) in [5.74, 6) is 0.587. The van der Waals surface area contributed by atoms with Crippen molar-refractivity contribution in [2.24, 2.45) is 0 Å². The van der Waals surface area contributed by atoms with E-state index in [1.807, 2.05) is 0 Å². The minimum absolute atomic E-state index is 0.0533. The van der Waals surface area contributed by atoms with Crippen molar-refractivity contribution in [2.75, 3.05) is 6.54 Å². The van der Waals surface area contributed by atoms with Gasteiger partial charge in [0.1, 0.15) is 12.4 Å². The molecule has 0 atom stereocenters. The summed E-state index contributed by atoms with van der Waals surface area (Å²) in [7, 11) is 0. The maximum absolute atomic E-state index is 12.7. The van der Waals surface area contributed by atoms with Gasteiger partial charge in [0.25, 0.3) is 5.91 Å². The number of fused-ring (bicyclic) bond motifs is 1. The van der Waals surface area contributed by atoms with Gasteiger partial charge in [-0.15, -0.1) is 0 Å². The lowest BCUT2D eigenvalue weighted by molar-refractivity contribution is 0.0632. The monoisotopic (exact) mass is 293 g/mol. The van der Waals surface area contributed by atoms with Crippen LogP contribution < -0.4 is 10.1 Å². The first kappa shape index (κ1) is 13.5. The number of carbonyl (C=O) groups is 1. The van der Waals surface area contributed by atoms with E-state index in [1.165, 1.54) is 12.4 Å². The maximum Gasteiger partial charge on any atom is 0.320 e. The van der Waals surface area contributed by atoms with Gasteiger partial charge in [0.05, 0.1) is 0 Å². The molecule has 0 fully saturated rings. The van der Waals surface area contributed by atoms with Gasteiger partial charge in [-0.3, -0.25) is 9.36 Å². The van der Waals surface area contributed by atoms with Gasteiger partial charge in [-0.05, 0) is 30.2 Å². The zero-order chi connectivity index (χ0) is 14.8.